The number of aromatic amines is 1. The van der Waals surface area contributed by atoms with Crippen LogP contribution in [0.5, 0.6) is 0 Å². The van der Waals surface area contributed by atoms with Crippen LogP contribution in [0.1, 0.15) is 18.2 Å². The molecule has 0 amide bonds. The third-order valence-corrected chi connectivity index (χ3v) is 6.28. The molecule has 1 aliphatic heterocycles. The molecule has 0 spiro atoms. The first-order chi connectivity index (χ1) is 10.3. The van der Waals surface area contributed by atoms with Crippen LogP contribution in [0.2, 0.25) is 0 Å². The van der Waals surface area contributed by atoms with Gasteiger partial charge in [0.1, 0.15) is 24.0 Å². The van der Waals surface area contributed by atoms with Gasteiger partial charge in [0.2, 0.25) is 0 Å². The molecule has 22 heavy (non-hydrogen) atoms. The van der Waals surface area contributed by atoms with E-state index in [0.717, 1.165) is 0 Å². The van der Waals surface area contributed by atoms with E-state index in [4.69, 9.17) is 8.92 Å². The Balaban J connectivity index is 2.04. The summed E-state index contributed by atoms with van der Waals surface area (Å²) in [4.78, 5) is 25.7. The summed E-state index contributed by atoms with van der Waals surface area (Å²) >= 11 is 5.83. The van der Waals surface area contributed by atoms with Crippen molar-refractivity contribution in [2.45, 2.75) is 47.5 Å². The van der Waals surface area contributed by atoms with Crippen LogP contribution in [0, 0.1) is 6.92 Å². The second-order valence-corrected chi connectivity index (χ2v) is 7.11. The standard InChI is InChI=1S/C12H14FIN2O5S/c1-4-3-16(11(19)15-9(4)18)10-7(14)12(21-22)2-5(13)6(17)8(12)20-10/h3,5-8,10,17,22H,2H2,1H3,(H,15,18,19)/t5-,6-,7+,8-,10-,12+/m1/s1. The highest BCUT2D eigenvalue weighted by Crippen LogP contribution is 2.53. The number of H-pyrrole nitrogens is 1. The Morgan fingerprint density at radius 2 is 2.32 bits per heavy atom. The lowest BCUT2D eigenvalue weighted by Gasteiger charge is -2.28. The number of hydrogen-bond acceptors (Lipinski definition) is 6. The van der Waals surface area contributed by atoms with Crippen LogP contribution in [0.25, 0.3) is 0 Å². The summed E-state index contributed by atoms with van der Waals surface area (Å²) in [7, 11) is 0. The number of halogens is 2. The van der Waals surface area contributed by atoms with Gasteiger partial charge >= 0.3 is 5.69 Å². The smallest absolute Gasteiger partial charge is 0.330 e. The van der Waals surface area contributed by atoms with E-state index in [1.165, 1.54) is 10.8 Å². The minimum atomic E-state index is -1.48. The predicted octanol–water partition coefficient (Wildman–Crippen LogP) is 0.249. The topological polar surface area (TPSA) is 93.6 Å². The Hall–Kier alpha value is -0.430. The first-order valence-electron chi connectivity index (χ1n) is 6.58. The molecular weight excluding hydrogens is 430 g/mol. The summed E-state index contributed by atoms with van der Waals surface area (Å²) in [6.45, 7) is 1.56. The average molecular weight is 444 g/mol. The highest BCUT2D eigenvalue weighted by Gasteiger charge is 2.66. The summed E-state index contributed by atoms with van der Waals surface area (Å²) < 4.78 is 25.5. The zero-order valence-electron chi connectivity index (χ0n) is 11.4. The van der Waals surface area contributed by atoms with Gasteiger partial charge in [0.05, 0.1) is 3.92 Å². The molecule has 2 heterocycles. The minimum absolute atomic E-state index is 0.0798. The van der Waals surface area contributed by atoms with Gasteiger partial charge in [-0.15, -0.1) is 0 Å². The van der Waals surface area contributed by atoms with Crippen molar-refractivity contribution in [3.63, 3.8) is 0 Å². The van der Waals surface area contributed by atoms with Crippen molar-refractivity contribution in [2.75, 3.05) is 0 Å². The number of hydrogen-bond donors (Lipinski definition) is 3. The van der Waals surface area contributed by atoms with Crippen LogP contribution in [-0.4, -0.2) is 42.6 Å². The van der Waals surface area contributed by atoms with E-state index < -0.39 is 45.4 Å². The van der Waals surface area contributed by atoms with Gasteiger partial charge in [0, 0.05) is 18.2 Å². The molecule has 2 fully saturated rings. The monoisotopic (exact) mass is 444 g/mol. The number of nitrogens with one attached hydrogen (secondary N) is 1. The molecular formula is C12H14FIN2O5S. The molecule has 0 bridgehead atoms. The van der Waals surface area contributed by atoms with Crippen LogP contribution < -0.4 is 11.2 Å². The molecule has 7 nitrogen and oxygen atoms in total. The molecule has 1 saturated carbocycles. The summed E-state index contributed by atoms with van der Waals surface area (Å²) in [5.41, 5.74) is -1.92. The SMILES string of the molecule is Cc1cn([C@@H]2O[C@@H]3[C@H](O)[C@H](F)C[C@]3(OS)[C@H]2I)c(=O)[nH]c1=O. The van der Waals surface area contributed by atoms with Crippen molar-refractivity contribution in [3.8, 4) is 0 Å². The number of aryl methyl sites for hydroxylation is 1. The quantitative estimate of drug-likeness (QED) is 0.263. The third-order valence-electron chi connectivity index (χ3n) is 4.27. The fourth-order valence-electron chi connectivity index (χ4n) is 3.07. The summed E-state index contributed by atoms with van der Waals surface area (Å²) in [5, 5.41) is 9.95. The lowest BCUT2D eigenvalue weighted by atomic mass is 9.97. The Morgan fingerprint density at radius 3 is 2.91 bits per heavy atom. The molecule has 3 rings (SSSR count). The van der Waals surface area contributed by atoms with E-state index in [9.17, 15) is 19.1 Å². The lowest BCUT2D eigenvalue weighted by molar-refractivity contribution is -0.0839. The van der Waals surface area contributed by atoms with Crippen molar-refractivity contribution < 1.29 is 18.4 Å². The molecule has 1 aliphatic carbocycles. The van der Waals surface area contributed by atoms with E-state index in [1.807, 2.05) is 22.6 Å². The molecule has 122 valence electrons. The number of aromatic nitrogens is 2. The van der Waals surface area contributed by atoms with Crippen molar-refractivity contribution in [3.05, 3.63) is 32.6 Å². The molecule has 2 aliphatic rings. The first-order valence-corrected chi connectivity index (χ1v) is 8.19. The van der Waals surface area contributed by atoms with Gasteiger partial charge in [0.25, 0.3) is 5.56 Å². The van der Waals surface area contributed by atoms with Crippen molar-refractivity contribution >= 4 is 35.5 Å². The zero-order chi connectivity index (χ0) is 16.2. The molecule has 1 aromatic rings. The largest absolute Gasteiger partial charge is 0.387 e. The summed E-state index contributed by atoms with van der Waals surface area (Å²) in [5.74, 6) is 0. The molecule has 0 aromatic carbocycles. The van der Waals surface area contributed by atoms with Gasteiger partial charge in [-0.1, -0.05) is 22.6 Å². The molecule has 1 aromatic heterocycles. The zero-order valence-corrected chi connectivity index (χ0v) is 14.5. The Kier molecular flexibility index (Phi) is 4.17. The van der Waals surface area contributed by atoms with E-state index >= 15 is 0 Å². The summed E-state index contributed by atoms with van der Waals surface area (Å²) in [6.07, 6.45) is -3.28. The van der Waals surface area contributed by atoms with Gasteiger partial charge in [-0.25, -0.2) is 9.18 Å². The fourth-order valence-corrected chi connectivity index (χ4v) is 4.81. The highest BCUT2D eigenvalue weighted by molar-refractivity contribution is 14.1. The number of rotatable bonds is 2. The van der Waals surface area contributed by atoms with Crippen LogP contribution >= 0.6 is 35.5 Å². The van der Waals surface area contributed by atoms with Crippen LogP contribution in [-0.2, 0) is 8.92 Å². The number of nitrogens with zero attached hydrogens (tertiary/aromatic N) is 1. The Morgan fingerprint density at radius 1 is 1.64 bits per heavy atom. The molecule has 0 radical (unpaired) electrons. The Bertz CT molecular complexity index is 711. The molecule has 1 saturated heterocycles. The van der Waals surface area contributed by atoms with Gasteiger partial charge in [-0.05, 0) is 19.8 Å². The fraction of sp³-hybridized carbons (Fsp3) is 0.667. The molecule has 10 heteroatoms. The Labute approximate surface area is 143 Å². The molecule has 2 N–H and O–H groups in total. The van der Waals surface area contributed by atoms with Crippen molar-refractivity contribution in [1.82, 2.24) is 9.55 Å². The summed E-state index contributed by atoms with van der Waals surface area (Å²) in [6, 6.07) is 0. The number of thiol groups is 1. The number of ether oxygens (including phenoxy) is 1. The maximum Gasteiger partial charge on any atom is 0.330 e. The predicted molar refractivity (Wildman–Crippen MR) is 86.1 cm³/mol. The van der Waals surface area contributed by atoms with Crippen molar-refractivity contribution in [2.24, 2.45) is 0 Å². The molecule has 6 atom stereocenters. The van der Waals surface area contributed by atoms with Crippen LogP contribution in [0.4, 0.5) is 4.39 Å². The van der Waals surface area contributed by atoms with E-state index in [1.54, 1.807) is 6.92 Å². The van der Waals surface area contributed by atoms with E-state index in [0.29, 0.717) is 5.56 Å². The maximum atomic E-state index is 13.8. The maximum absolute atomic E-state index is 13.8. The first kappa shape index (κ1) is 16.4. The number of fused-ring (bicyclic) bond motifs is 1. The highest BCUT2D eigenvalue weighted by atomic mass is 127. The van der Waals surface area contributed by atoms with E-state index in [-0.39, 0.29) is 6.42 Å². The number of alkyl halides is 2. The normalized spacial score (nSPS) is 40.9. The number of aliphatic hydroxyl groups is 1. The second kappa shape index (κ2) is 5.58. The van der Waals surface area contributed by atoms with Crippen LogP contribution in [0.3, 0.4) is 0 Å². The number of aliphatic hydroxyl groups excluding tert-OH is 1. The minimum Gasteiger partial charge on any atom is -0.387 e. The molecule has 0 unspecified atom stereocenters. The van der Waals surface area contributed by atoms with Crippen LogP contribution in [0.15, 0.2) is 15.8 Å². The van der Waals surface area contributed by atoms with Gasteiger partial charge in [-0.3, -0.25) is 14.3 Å². The van der Waals surface area contributed by atoms with Crippen molar-refractivity contribution in [1.29, 1.82) is 0 Å². The third kappa shape index (κ3) is 2.19. The average Bonchev–Trinajstić information content (AvgIpc) is 2.89. The lowest BCUT2D eigenvalue weighted by Crippen LogP contribution is -2.44. The van der Waals surface area contributed by atoms with Gasteiger partial charge in [0.15, 0.2) is 6.23 Å². The second-order valence-electron chi connectivity index (χ2n) is 5.58. The van der Waals surface area contributed by atoms with Gasteiger partial charge in [-0.2, -0.15) is 0 Å². The van der Waals surface area contributed by atoms with E-state index in [2.05, 4.69) is 17.9 Å². The van der Waals surface area contributed by atoms with Gasteiger partial charge < -0.3 is 14.0 Å².